The highest BCUT2D eigenvalue weighted by Crippen LogP contribution is 2.13. The van der Waals surface area contributed by atoms with Crippen LogP contribution in [0.15, 0.2) is 12.3 Å². The SMILES string of the molecule is COc1cnc(C(C)=O)c(C)c1. The summed E-state index contributed by atoms with van der Waals surface area (Å²) < 4.78 is 4.96. The molecule has 3 heteroatoms. The second-order valence-corrected chi connectivity index (χ2v) is 2.60. The maximum Gasteiger partial charge on any atom is 0.178 e. The lowest BCUT2D eigenvalue weighted by atomic mass is 10.1. The zero-order chi connectivity index (χ0) is 9.14. The van der Waals surface area contributed by atoms with Crippen LogP contribution >= 0.6 is 0 Å². The molecule has 0 N–H and O–H groups in total. The minimum atomic E-state index is -0.0184. The quantitative estimate of drug-likeness (QED) is 0.625. The van der Waals surface area contributed by atoms with E-state index in [1.165, 1.54) is 6.92 Å². The number of aryl methyl sites for hydroxylation is 1. The van der Waals surface area contributed by atoms with Crippen molar-refractivity contribution in [2.45, 2.75) is 13.8 Å². The Labute approximate surface area is 71.4 Å². The summed E-state index contributed by atoms with van der Waals surface area (Å²) in [5.74, 6) is 0.660. The third-order valence-corrected chi connectivity index (χ3v) is 1.62. The third kappa shape index (κ3) is 1.61. The maximum absolute atomic E-state index is 11.0. The van der Waals surface area contributed by atoms with Crippen LogP contribution < -0.4 is 4.74 Å². The first-order valence-corrected chi connectivity index (χ1v) is 3.66. The van der Waals surface area contributed by atoms with E-state index >= 15 is 0 Å². The van der Waals surface area contributed by atoms with Gasteiger partial charge in [0.05, 0.1) is 13.3 Å². The smallest absolute Gasteiger partial charge is 0.178 e. The van der Waals surface area contributed by atoms with E-state index in [1.807, 2.05) is 6.92 Å². The Morgan fingerprint density at radius 3 is 2.67 bits per heavy atom. The fourth-order valence-electron chi connectivity index (χ4n) is 1.03. The number of Topliss-reactive ketones (excluding diaryl/α,β-unsaturated/α-hetero) is 1. The highest BCUT2D eigenvalue weighted by molar-refractivity contribution is 5.93. The van der Waals surface area contributed by atoms with E-state index in [0.29, 0.717) is 11.4 Å². The molecule has 0 aliphatic rings. The summed E-state index contributed by atoms with van der Waals surface area (Å²) in [6.07, 6.45) is 1.55. The van der Waals surface area contributed by atoms with Crippen LogP contribution in [0.25, 0.3) is 0 Å². The van der Waals surface area contributed by atoms with Crippen LogP contribution in [0.3, 0.4) is 0 Å². The van der Waals surface area contributed by atoms with E-state index in [4.69, 9.17) is 4.74 Å². The molecule has 0 aromatic carbocycles. The zero-order valence-electron chi connectivity index (χ0n) is 7.42. The lowest BCUT2D eigenvalue weighted by Gasteiger charge is -2.03. The lowest BCUT2D eigenvalue weighted by molar-refractivity contribution is 0.101. The second-order valence-electron chi connectivity index (χ2n) is 2.60. The third-order valence-electron chi connectivity index (χ3n) is 1.62. The molecule has 0 unspecified atom stereocenters. The maximum atomic E-state index is 11.0. The molecule has 0 radical (unpaired) electrons. The summed E-state index contributed by atoms with van der Waals surface area (Å²) >= 11 is 0. The molecule has 0 amide bonds. The molecule has 64 valence electrons. The minimum Gasteiger partial charge on any atom is -0.495 e. The van der Waals surface area contributed by atoms with Crippen LogP contribution in [-0.2, 0) is 0 Å². The van der Waals surface area contributed by atoms with Gasteiger partial charge < -0.3 is 4.74 Å². The zero-order valence-corrected chi connectivity index (χ0v) is 7.42. The normalized spacial score (nSPS) is 9.58. The summed E-state index contributed by atoms with van der Waals surface area (Å²) in [7, 11) is 1.57. The second kappa shape index (κ2) is 3.34. The molecule has 3 nitrogen and oxygen atoms in total. The molecule has 0 saturated heterocycles. The van der Waals surface area contributed by atoms with Crippen LogP contribution in [0.1, 0.15) is 23.0 Å². The summed E-state index contributed by atoms with van der Waals surface area (Å²) in [4.78, 5) is 14.9. The van der Waals surface area contributed by atoms with Gasteiger partial charge >= 0.3 is 0 Å². The molecule has 0 aliphatic heterocycles. The monoisotopic (exact) mass is 165 g/mol. The first-order valence-electron chi connectivity index (χ1n) is 3.66. The Hall–Kier alpha value is -1.38. The number of aromatic nitrogens is 1. The molecule has 0 fully saturated rings. The van der Waals surface area contributed by atoms with Crippen molar-refractivity contribution >= 4 is 5.78 Å². The van der Waals surface area contributed by atoms with Gasteiger partial charge in [-0.25, -0.2) is 4.98 Å². The van der Waals surface area contributed by atoms with Gasteiger partial charge in [-0.3, -0.25) is 4.79 Å². The van der Waals surface area contributed by atoms with Gasteiger partial charge in [0.2, 0.25) is 0 Å². The predicted molar refractivity (Wildman–Crippen MR) is 45.5 cm³/mol. The Balaban J connectivity index is 3.12. The highest BCUT2D eigenvalue weighted by Gasteiger charge is 2.05. The minimum absolute atomic E-state index is 0.0184. The lowest BCUT2D eigenvalue weighted by Crippen LogP contribution is -2.00. The molecule has 1 rings (SSSR count). The largest absolute Gasteiger partial charge is 0.495 e. The van der Waals surface area contributed by atoms with E-state index in [0.717, 1.165) is 5.56 Å². The van der Waals surface area contributed by atoms with Crippen LogP contribution in [0.2, 0.25) is 0 Å². The molecule has 12 heavy (non-hydrogen) atoms. The number of pyridine rings is 1. The Morgan fingerprint density at radius 2 is 2.25 bits per heavy atom. The molecular weight excluding hydrogens is 154 g/mol. The fourth-order valence-corrected chi connectivity index (χ4v) is 1.03. The number of carbonyl (C=O) groups is 1. The van der Waals surface area contributed by atoms with Crippen molar-refractivity contribution in [3.63, 3.8) is 0 Å². The van der Waals surface area contributed by atoms with Crippen molar-refractivity contribution in [2.75, 3.05) is 7.11 Å². The Morgan fingerprint density at radius 1 is 1.58 bits per heavy atom. The summed E-state index contributed by atoms with van der Waals surface area (Å²) in [5.41, 5.74) is 1.36. The van der Waals surface area contributed by atoms with Crippen LogP contribution in [0, 0.1) is 6.92 Å². The number of nitrogens with zero attached hydrogens (tertiary/aromatic N) is 1. The highest BCUT2D eigenvalue weighted by atomic mass is 16.5. The topological polar surface area (TPSA) is 39.2 Å². The molecule has 1 aromatic rings. The molecule has 1 heterocycles. The Bertz CT molecular complexity index is 307. The summed E-state index contributed by atoms with van der Waals surface area (Å²) in [6.45, 7) is 3.34. The number of ether oxygens (including phenoxy) is 1. The molecular formula is C9H11NO2. The van der Waals surface area contributed by atoms with Crippen molar-refractivity contribution in [2.24, 2.45) is 0 Å². The molecule has 0 aliphatic carbocycles. The molecule has 1 aromatic heterocycles. The standard InChI is InChI=1S/C9H11NO2/c1-6-4-8(12-3)5-10-9(6)7(2)11/h4-5H,1-3H3. The van der Waals surface area contributed by atoms with E-state index in [1.54, 1.807) is 19.4 Å². The van der Waals surface area contributed by atoms with Gasteiger partial charge in [-0.05, 0) is 18.6 Å². The Kier molecular flexibility index (Phi) is 2.43. The summed E-state index contributed by atoms with van der Waals surface area (Å²) in [5, 5.41) is 0. The van der Waals surface area contributed by atoms with E-state index in [2.05, 4.69) is 4.98 Å². The van der Waals surface area contributed by atoms with Crippen LogP contribution in [0.5, 0.6) is 5.75 Å². The average Bonchev–Trinajstić information content (AvgIpc) is 2.03. The number of carbonyl (C=O) groups excluding carboxylic acids is 1. The molecule has 0 atom stereocenters. The average molecular weight is 165 g/mol. The van der Waals surface area contributed by atoms with Crippen molar-refractivity contribution in [1.82, 2.24) is 4.98 Å². The number of ketones is 1. The van der Waals surface area contributed by atoms with Gasteiger partial charge in [0.1, 0.15) is 11.4 Å². The molecule has 0 bridgehead atoms. The van der Waals surface area contributed by atoms with Crippen molar-refractivity contribution in [3.05, 3.63) is 23.5 Å². The van der Waals surface area contributed by atoms with E-state index in [9.17, 15) is 4.79 Å². The van der Waals surface area contributed by atoms with E-state index in [-0.39, 0.29) is 5.78 Å². The first-order chi connectivity index (χ1) is 5.65. The van der Waals surface area contributed by atoms with Crippen LogP contribution in [0.4, 0.5) is 0 Å². The van der Waals surface area contributed by atoms with Gasteiger partial charge in [-0.2, -0.15) is 0 Å². The first kappa shape index (κ1) is 8.71. The fraction of sp³-hybridized carbons (Fsp3) is 0.333. The van der Waals surface area contributed by atoms with Crippen molar-refractivity contribution in [3.8, 4) is 5.75 Å². The van der Waals surface area contributed by atoms with Gasteiger partial charge in [-0.1, -0.05) is 0 Å². The van der Waals surface area contributed by atoms with Crippen molar-refractivity contribution in [1.29, 1.82) is 0 Å². The number of hydrogen-bond donors (Lipinski definition) is 0. The molecule has 0 spiro atoms. The predicted octanol–water partition coefficient (Wildman–Crippen LogP) is 1.60. The van der Waals surface area contributed by atoms with Gasteiger partial charge in [0, 0.05) is 6.92 Å². The van der Waals surface area contributed by atoms with Gasteiger partial charge in [0.15, 0.2) is 5.78 Å². The number of rotatable bonds is 2. The van der Waals surface area contributed by atoms with Crippen molar-refractivity contribution < 1.29 is 9.53 Å². The van der Waals surface area contributed by atoms with Crippen LogP contribution in [-0.4, -0.2) is 17.9 Å². The molecule has 0 saturated carbocycles. The van der Waals surface area contributed by atoms with Gasteiger partial charge in [0.25, 0.3) is 0 Å². The van der Waals surface area contributed by atoms with Gasteiger partial charge in [-0.15, -0.1) is 0 Å². The van der Waals surface area contributed by atoms with E-state index < -0.39 is 0 Å². The number of methoxy groups -OCH3 is 1. The number of hydrogen-bond acceptors (Lipinski definition) is 3. The summed E-state index contributed by atoms with van der Waals surface area (Å²) in [6, 6.07) is 1.80.